The molecule has 0 fully saturated rings. The number of halogens is 1. The summed E-state index contributed by atoms with van der Waals surface area (Å²) in [6.45, 7) is 3.66. The third-order valence-electron chi connectivity index (χ3n) is 1.80. The fourth-order valence-electron chi connectivity index (χ4n) is 1.07. The van der Waals surface area contributed by atoms with Crippen LogP contribution in [0.2, 0.25) is 0 Å². The Morgan fingerprint density at radius 1 is 1.43 bits per heavy atom. The van der Waals surface area contributed by atoms with Crippen LogP contribution in [0.5, 0.6) is 0 Å². The van der Waals surface area contributed by atoms with Gasteiger partial charge in [0.05, 0.1) is 7.11 Å². The predicted molar refractivity (Wildman–Crippen MR) is 59.0 cm³/mol. The molecule has 14 heavy (non-hydrogen) atoms. The summed E-state index contributed by atoms with van der Waals surface area (Å²) in [7, 11) is 1.36. The topological polar surface area (TPSA) is 26.3 Å². The van der Waals surface area contributed by atoms with E-state index in [2.05, 4.69) is 27.2 Å². The van der Waals surface area contributed by atoms with Crippen LogP contribution in [0.15, 0.2) is 40.9 Å². The molecule has 0 aliphatic carbocycles. The van der Waals surface area contributed by atoms with Gasteiger partial charge in [0.2, 0.25) is 0 Å². The summed E-state index contributed by atoms with van der Waals surface area (Å²) in [4.78, 5) is 11.1. The predicted octanol–water partition coefficient (Wildman–Crippen LogP) is 2.72. The molecule has 1 aromatic rings. The van der Waals surface area contributed by atoms with E-state index in [1.807, 2.05) is 24.3 Å². The fraction of sp³-hybridized carbons (Fsp3) is 0.182. The summed E-state index contributed by atoms with van der Waals surface area (Å²) in [6.07, 6.45) is 0.528. The lowest BCUT2D eigenvalue weighted by atomic mass is 10.1. The first-order valence-electron chi connectivity index (χ1n) is 4.14. The van der Waals surface area contributed by atoms with Gasteiger partial charge in [-0.25, -0.2) is 4.79 Å². The standard InChI is InChI=1S/C11H11BrO2/c1-8(11(13)14-2)7-9-3-5-10(12)6-4-9/h3-6H,1,7H2,2H3. The summed E-state index contributed by atoms with van der Waals surface area (Å²) in [5, 5.41) is 0. The van der Waals surface area contributed by atoms with E-state index in [0.717, 1.165) is 10.0 Å². The monoisotopic (exact) mass is 254 g/mol. The minimum absolute atomic E-state index is 0.354. The maximum atomic E-state index is 11.1. The van der Waals surface area contributed by atoms with Crippen molar-refractivity contribution in [3.05, 3.63) is 46.5 Å². The van der Waals surface area contributed by atoms with Crippen LogP contribution < -0.4 is 0 Å². The lowest BCUT2D eigenvalue weighted by molar-refractivity contribution is -0.136. The largest absolute Gasteiger partial charge is 0.466 e. The molecule has 1 rings (SSSR count). The average Bonchev–Trinajstić information content (AvgIpc) is 2.20. The highest BCUT2D eigenvalue weighted by molar-refractivity contribution is 9.10. The van der Waals surface area contributed by atoms with Crippen molar-refractivity contribution in [2.45, 2.75) is 6.42 Å². The van der Waals surface area contributed by atoms with Gasteiger partial charge in [0.25, 0.3) is 0 Å². The molecular formula is C11H11BrO2. The van der Waals surface area contributed by atoms with E-state index in [-0.39, 0.29) is 5.97 Å². The molecule has 0 spiro atoms. The molecule has 0 bridgehead atoms. The number of esters is 1. The number of methoxy groups -OCH3 is 1. The number of benzene rings is 1. The van der Waals surface area contributed by atoms with Crippen molar-refractivity contribution in [2.75, 3.05) is 7.11 Å². The minimum atomic E-state index is -0.354. The molecule has 0 aliphatic rings. The quantitative estimate of drug-likeness (QED) is 0.613. The zero-order valence-electron chi connectivity index (χ0n) is 7.92. The molecule has 0 N–H and O–H groups in total. The summed E-state index contributed by atoms with van der Waals surface area (Å²) in [5.41, 5.74) is 1.51. The lowest BCUT2D eigenvalue weighted by Gasteiger charge is -2.03. The van der Waals surface area contributed by atoms with Gasteiger partial charge < -0.3 is 4.74 Å². The Labute approximate surface area is 91.7 Å². The average molecular weight is 255 g/mol. The van der Waals surface area contributed by atoms with Gasteiger partial charge in [0.1, 0.15) is 0 Å². The summed E-state index contributed by atoms with van der Waals surface area (Å²) < 4.78 is 5.58. The van der Waals surface area contributed by atoms with Gasteiger partial charge in [-0.05, 0) is 17.7 Å². The Kier molecular flexibility index (Phi) is 3.89. The first kappa shape index (κ1) is 11.0. The molecule has 74 valence electrons. The van der Waals surface area contributed by atoms with Gasteiger partial charge in [0, 0.05) is 16.5 Å². The number of rotatable bonds is 3. The Balaban J connectivity index is 2.65. The summed E-state index contributed by atoms with van der Waals surface area (Å²) in [5.74, 6) is -0.354. The third-order valence-corrected chi connectivity index (χ3v) is 2.33. The Bertz CT molecular complexity index is 341. The van der Waals surface area contributed by atoms with E-state index in [9.17, 15) is 4.79 Å². The number of carbonyl (C=O) groups is 1. The van der Waals surface area contributed by atoms with Gasteiger partial charge in [-0.1, -0.05) is 34.6 Å². The molecule has 0 unspecified atom stereocenters. The highest BCUT2D eigenvalue weighted by Crippen LogP contribution is 2.13. The molecule has 0 saturated heterocycles. The molecule has 0 amide bonds. The fourth-order valence-corrected chi connectivity index (χ4v) is 1.33. The van der Waals surface area contributed by atoms with Crippen molar-refractivity contribution in [3.63, 3.8) is 0 Å². The molecule has 1 aromatic carbocycles. The first-order chi connectivity index (χ1) is 6.63. The van der Waals surface area contributed by atoms with Gasteiger partial charge in [-0.15, -0.1) is 0 Å². The van der Waals surface area contributed by atoms with Crippen molar-refractivity contribution in [1.29, 1.82) is 0 Å². The minimum Gasteiger partial charge on any atom is -0.466 e. The van der Waals surface area contributed by atoms with Crippen LogP contribution in [0.25, 0.3) is 0 Å². The molecule has 0 aromatic heterocycles. The van der Waals surface area contributed by atoms with E-state index in [1.165, 1.54) is 7.11 Å². The van der Waals surface area contributed by atoms with Crippen LogP contribution in [0.3, 0.4) is 0 Å². The maximum absolute atomic E-state index is 11.1. The van der Waals surface area contributed by atoms with E-state index in [4.69, 9.17) is 0 Å². The molecule has 0 radical (unpaired) electrons. The zero-order chi connectivity index (χ0) is 10.6. The van der Waals surface area contributed by atoms with Crippen molar-refractivity contribution in [3.8, 4) is 0 Å². The molecule has 0 heterocycles. The Morgan fingerprint density at radius 2 is 2.00 bits per heavy atom. The second-order valence-electron chi connectivity index (χ2n) is 2.90. The first-order valence-corrected chi connectivity index (χ1v) is 4.93. The normalized spacial score (nSPS) is 9.57. The van der Waals surface area contributed by atoms with Crippen molar-refractivity contribution in [1.82, 2.24) is 0 Å². The smallest absolute Gasteiger partial charge is 0.333 e. The number of hydrogen-bond donors (Lipinski definition) is 0. The van der Waals surface area contributed by atoms with E-state index in [1.54, 1.807) is 0 Å². The van der Waals surface area contributed by atoms with Gasteiger partial charge in [0.15, 0.2) is 0 Å². The second-order valence-corrected chi connectivity index (χ2v) is 3.81. The molecule has 0 aliphatic heterocycles. The van der Waals surface area contributed by atoms with Crippen molar-refractivity contribution >= 4 is 21.9 Å². The highest BCUT2D eigenvalue weighted by Gasteiger charge is 2.06. The Morgan fingerprint density at radius 3 is 2.50 bits per heavy atom. The van der Waals surface area contributed by atoms with Crippen LogP contribution in [0.1, 0.15) is 5.56 Å². The van der Waals surface area contributed by atoms with Crippen molar-refractivity contribution in [2.24, 2.45) is 0 Å². The molecular weight excluding hydrogens is 244 g/mol. The molecule has 3 heteroatoms. The van der Waals surface area contributed by atoms with Gasteiger partial charge in [-0.2, -0.15) is 0 Å². The number of ether oxygens (including phenoxy) is 1. The molecule has 2 nitrogen and oxygen atoms in total. The second kappa shape index (κ2) is 4.96. The van der Waals surface area contributed by atoms with Gasteiger partial charge >= 0.3 is 5.97 Å². The lowest BCUT2D eigenvalue weighted by Crippen LogP contribution is -2.05. The van der Waals surface area contributed by atoms with E-state index >= 15 is 0 Å². The number of hydrogen-bond acceptors (Lipinski definition) is 2. The molecule has 0 saturated carbocycles. The van der Waals surface area contributed by atoms with E-state index in [0.29, 0.717) is 12.0 Å². The van der Waals surface area contributed by atoms with Crippen LogP contribution in [0, 0.1) is 0 Å². The SMILES string of the molecule is C=C(Cc1ccc(Br)cc1)C(=O)OC. The highest BCUT2D eigenvalue weighted by atomic mass is 79.9. The molecule has 0 atom stereocenters. The van der Waals surface area contributed by atoms with E-state index < -0.39 is 0 Å². The number of carbonyl (C=O) groups excluding carboxylic acids is 1. The summed E-state index contributed by atoms with van der Waals surface area (Å²) >= 11 is 3.34. The van der Waals surface area contributed by atoms with Crippen LogP contribution in [0.4, 0.5) is 0 Å². The maximum Gasteiger partial charge on any atom is 0.333 e. The van der Waals surface area contributed by atoms with Gasteiger partial charge in [-0.3, -0.25) is 0 Å². The Hall–Kier alpha value is -1.09. The van der Waals surface area contributed by atoms with Crippen molar-refractivity contribution < 1.29 is 9.53 Å². The van der Waals surface area contributed by atoms with Crippen LogP contribution in [-0.2, 0) is 16.0 Å². The third kappa shape index (κ3) is 3.00. The van der Waals surface area contributed by atoms with Crippen LogP contribution in [-0.4, -0.2) is 13.1 Å². The summed E-state index contributed by atoms with van der Waals surface area (Å²) in [6, 6.07) is 7.75. The van der Waals surface area contributed by atoms with Crippen LogP contribution >= 0.6 is 15.9 Å². The zero-order valence-corrected chi connectivity index (χ0v) is 9.50.